The summed E-state index contributed by atoms with van der Waals surface area (Å²) < 4.78 is 13.1. The maximum absolute atomic E-state index is 13.1. The summed E-state index contributed by atoms with van der Waals surface area (Å²) in [5.74, 6) is 0.609. The fourth-order valence-electron chi connectivity index (χ4n) is 1.20. The van der Waals surface area contributed by atoms with Crippen LogP contribution in [0.2, 0.25) is 0 Å². The lowest BCUT2D eigenvalue weighted by Gasteiger charge is -2.43. The van der Waals surface area contributed by atoms with Gasteiger partial charge in [0.2, 0.25) is 0 Å². The van der Waals surface area contributed by atoms with Crippen LogP contribution >= 0.6 is 0 Å². The number of hydrogen-bond acceptors (Lipinski definition) is 2. The molecule has 0 spiro atoms. The van der Waals surface area contributed by atoms with Gasteiger partial charge in [0.1, 0.15) is 11.5 Å². The predicted octanol–water partition coefficient (Wildman–Crippen LogP) is 2.15. The Bertz CT molecular complexity index is 258. The van der Waals surface area contributed by atoms with Crippen molar-refractivity contribution in [3.8, 4) is 0 Å². The van der Waals surface area contributed by atoms with Gasteiger partial charge < -0.3 is 4.90 Å². The zero-order chi connectivity index (χ0) is 10.1. The molecule has 1 saturated heterocycles. The summed E-state index contributed by atoms with van der Waals surface area (Å²) in [5.41, 5.74) is -0.202. The number of aliphatic imine (C=N–C) groups is 1. The van der Waals surface area contributed by atoms with Crippen molar-refractivity contribution in [2.24, 2.45) is 4.99 Å². The van der Waals surface area contributed by atoms with E-state index in [0.29, 0.717) is 18.9 Å². The minimum atomic E-state index is -1.07. The Hall–Kier alpha value is -1.12. The number of allylic oxidation sites excluding steroid dienone is 1. The Morgan fingerprint density at radius 2 is 2.08 bits per heavy atom. The third-order valence-corrected chi connectivity index (χ3v) is 1.84. The predicted molar refractivity (Wildman–Crippen MR) is 53.5 cm³/mol. The molecule has 1 fully saturated rings. The highest BCUT2D eigenvalue weighted by Gasteiger charge is 2.39. The second kappa shape index (κ2) is 3.32. The standard InChI is InChI=1S/C10H15FN2/c1-8(2)5-12-9(3)13-6-10(4,11)7-13/h5H,1,3,6-7H2,2,4H3/b12-5-. The molecule has 0 saturated carbocycles. The summed E-state index contributed by atoms with van der Waals surface area (Å²) in [6.07, 6.45) is 1.64. The van der Waals surface area contributed by atoms with Gasteiger partial charge in [0.15, 0.2) is 0 Å². The molecule has 0 bridgehead atoms. The summed E-state index contributed by atoms with van der Waals surface area (Å²) in [6.45, 7) is 11.6. The topological polar surface area (TPSA) is 15.6 Å². The first-order chi connectivity index (χ1) is 5.91. The van der Waals surface area contributed by atoms with E-state index in [-0.39, 0.29) is 0 Å². The quantitative estimate of drug-likeness (QED) is 0.611. The molecule has 1 aliphatic rings. The van der Waals surface area contributed by atoms with Gasteiger partial charge in [0.25, 0.3) is 0 Å². The van der Waals surface area contributed by atoms with Crippen molar-refractivity contribution >= 4 is 6.21 Å². The van der Waals surface area contributed by atoms with Gasteiger partial charge in [0.05, 0.1) is 13.1 Å². The van der Waals surface area contributed by atoms with Crippen LogP contribution in [0.5, 0.6) is 0 Å². The molecular formula is C10H15FN2. The molecule has 0 aromatic rings. The third-order valence-electron chi connectivity index (χ3n) is 1.84. The largest absolute Gasteiger partial charge is 0.351 e. The van der Waals surface area contributed by atoms with Gasteiger partial charge in [-0.25, -0.2) is 9.38 Å². The van der Waals surface area contributed by atoms with Crippen molar-refractivity contribution < 1.29 is 4.39 Å². The Kier molecular flexibility index (Phi) is 2.55. The van der Waals surface area contributed by atoms with E-state index in [9.17, 15) is 4.39 Å². The molecule has 0 aromatic heterocycles. The van der Waals surface area contributed by atoms with Crippen LogP contribution in [0.15, 0.2) is 29.5 Å². The SMILES string of the molecule is C=C(C)/C=N\C(=C)N1CC(C)(F)C1. The smallest absolute Gasteiger partial charge is 0.143 e. The van der Waals surface area contributed by atoms with Crippen LogP contribution in [0.3, 0.4) is 0 Å². The van der Waals surface area contributed by atoms with Crippen molar-refractivity contribution in [2.45, 2.75) is 19.5 Å². The van der Waals surface area contributed by atoms with Crippen LogP contribution < -0.4 is 0 Å². The maximum atomic E-state index is 13.1. The summed E-state index contributed by atoms with van der Waals surface area (Å²) >= 11 is 0. The highest BCUT2D eigenvalue weighted by molar-refractivity contribution is 5.77. The molecule has 0 aliphatic carbocycles. The van der Waals surface area contributed by atoms with Crippen molar-refractivity contribution in [3.63, 3.8) is 0 Å². The van der Waals surface area contributed by atoms with Gasteiger partial charge in [-0.1, -0.05) is 13.2 Å². The van der Waals surface area contributed by atoms with Gasteiger partial charge in [-0.3, -0.25) is 0 Å². The number of alkyl halides is 1. The van der Waals surface area contributed by atoms with E-state index in [4.69, 9.17) is 0 Å². The van der Waals surface area contributed by atoms with Crippen LogP contribution in [-0.4, -0.2) is 29.9 Å². The molecule has 0 aromatic carbocycles. The van der Waals surface area contributed by atoms with Crippen molar-refractivity contribution in [2.75, 3.05) is 13.1 Å². The molecule has 1 heterocycles. The lowest BCUT2D eigenvalue weighted by molar-refractivity contribution is 0.00621. The van der Waals surface area contributed by atoms with Crippen LogP contribution in [0, 0.1) is 0 Å². The highest BCUT2D eigenvalue weighted by Crippen LogP contribution is 2.27. The number of halogens is 1. The normalized spacial score (nSPS) is 20.1. The molecule has 0 amide bonds. The first-order valence-electron chi connectivity index (χ1n) is 4.23. The Balaban J connectivity index is 2.40. The lowest BCUT2D eigenvalue weighted by atomic mass is 10.00. The van der Waals surface area contributed by atoms with Gasteiger partial charge in [-0.05, 0) is 19.4 Å². The van der Waals surface area contributed by atoms with Crippen LogP contribution in [0.4, 0.5) is 4.39 Å². The number of likely N-dealkylation sites (tertiary alicyclic amines) is 1. The number of nitrogens with zero attached hydrogens (tertiary/aromatic N) is 2. The second-order valence-electron chi connectivity index (χ2n) is 3.79. The van der Waals surface area contributed by atoms with Crippen molar-refractivity contribution in [1.82, 2.24) is 4.90 Å². The molecule has 2 nitrogen and oxygen atoms in total. The Labute approximate surface area is 78.5 Å². The van der Waals surface area contributed by atoms with E-state index in [1.54, 1.807) is 18.0 Å². The van der Waals surface area contributed by atoms with Crippen molar-refractivity contribution in [3.05, 3.63) is 24.6 Å². The zero-order valence-electron chi connectivity index (χ0n) is 8.18. The molecular weight excluding hydrogens is 167 g/mol. The second-order valence-corrected chi connectivity index (χ2v) is 3.79. The van der Waals surface area contributed by atoms with E-state index in [1.165, 1.54) is 0 Å². The van der Waals surface area contributed by atoms with Gasteiger partial charge in [-0.15, -0.1) is 0 Å². The monoisotopic (exact) mass is 182 g/mol. The highest BCUT2D eigenvalue weighted by atomic mass is 19.1. The number of hydrogen-bond donors (Lipinski definition) is 0. The van der Waals surface area contributed by atoms with Crippen LogP contribution in [0.25, 0.3) is 0 Å². The lowest BCUT2D eigenvalue weighted by Crippen LogP contribution is -2.55. The van der Waals surface area contributed by atoms with Crippen LogP contribution in [0.1, 0.15) is 13.8 Å². The first kappa shape index (κ1) is 9.96. The van der Waals surface area contributed by atoms with Crippen molar-refractivity contribution in [1.29, 1.82) is 0 Å². The summed E-state index contributed by atoms with van der Waals surface area (Å²) in [6, 6.07) is 0. The molecule has 0 radical (unpaired) electrons. The van der Waals surface area contributed by atoms with E-state index >= 15 is 0 Å². The fourth-order valence-corrected chi connectivity index (χ4v) is 1.20. The molecule has 3 heteroatoms. The molecule has 13 heavy (non-hydrogen) atoms. The van der Waals surface area contributed by atoms with E-state index < -0.39 is 5.67 Å². The zero-order valence-corrected chi connectivity index (χ0v) is 8.18. The van der Waals surface area contributed by atoms with Gasteiger partial charge in [0, 0.05) is 6.21 Å². The van der Waals surface area contributed by atoms with E-state index in [2.05, 4.69) is 18.2 Å². The van der Waals surface area contributed by atoms with Gasteiger partial charge in [-0.2, -0.15) is 0 Å². The molecule has 0 N–H and O–H groups in total. The van der Waals surface area contributed by atoms with Gasteiger partial charge >= 0.3 is 0 Å². The van der Waals surface area contributed by atoms with Crippen LogP contribution in [-0.2, 0) is 0 Å². The third kappa shape index (κ3) is 2.68. The maximum Gasteiger partial charge on any atom is 0.143 e. The summed E-state index contributed by atoms with van der Waals surface area (Å²) in [7, 11) is 0. The molecule has 1 rings (SSSR count). The minimum absolute atomic E-state index is 0.388. The minimum Gasteiger partial charge on any atom is -0.351 e. The van der Waals surface area contributed by atoms with E-state index in [1.807, 2.05) is 6.92 Å². The fraction of sp³-hybridized carbons (Fsp3) is 0.500. The first-order valence-corrected chi connectivity index (χ1v) is 4.23. The number of rotatable bonds is 3. The molecule has 72 valence electrons. The molecule has 0 unspecified atom stereocenters. The molecule has 0 atom stereocenters. The average molecular weight is 182 g/mol. The average Bonchev–Trinajstić information content (AvgIpc) is 1.95. The Morgan fingerprint density at radius 3 is 2.46 bits per heavy atom. The van der Waals surface area contributed by atoms with E-state index in [0.717, 1.165) is 5.57 Å². The Morgan fingerprint density at radius 1 is 1.54 bits per heavy atom. The molecule has 1 aliphatic heterocycles. The summed E-state index contributed by atoms with van der Waals surface area (Å²) in [5, 5.41) is 0. The summed E-state index contributed by atoms with van der Waals surface area (Å²) in [4.78, 5) is 5.86.